The van der Waals surface area contributed by atoms with Crippen LogP contribution in [0.1, 0.15) is 53.2 Å². The van der Waals surface area contributed by atoms with Gasteiger partial charge in [-0.2, -0.15) is 0 Å². The third-order valence-corrected chi connectivity index (χ3v) is 6.82. The molecular weight excluding hydrogens is 416 g/mol. The van der Waals surface area contributed by atoms with Crippen LogP contribution < -0.4 is 0 Å². The molecule has 1 amide bonds. The summed E-state index contributed by atoms with van der Waals surface area (Å²) < 4.78 is 0. The number of likely N-dealkylation sites (tertiary alicyclic amines) is 2. The van der Waals surface area contributed by atoms with Crippen molar-refractivity contribution >= 4 is 17.5 Å². The van der Waals surface area contributed by atoms with Gasteiger partial charge in [-0.25, -0.2) is 0 Å². The molecule has 31 heavy (non-hydrogen) atoms. The van der Waals surface area contributed by atoms with E-state index in [9.17, 15) is 20.1 Å². The molecule has 0 saturated carbocycles. The fourth-order valence-corrected chi connectivity index (χ4v) is 4.88. The molecule has 2 aromatic carbocycles. The van der Waals surface area contributed by atoms with Gasteiger partial charge in [0.05, 0.1) is 16.6 Å². The number of aliphatic hydroxyl groups excluding tert-OH is 1. The van der Waals surface area contributed by atoms with Gasteiger partial charge in [0.25, 0.3) is 5.91 Å². The van der Waals surface area contributed by atoms with Gasteiger partial charge in [-0.1, -0.05) is 35.9 Å². The van der Waals surface area contributed by atoms with E-state index < -0.39 is 0 Å². The van der Waals surface area contributed by atoms with Gasteiger partial charge in [0.2, 0.25) is 0 Å². The normalized spacial score (nSPS) is 20.3. The van der Waals surface area contributed by atoms with Crippen LogP contribution in [0, 0.1) is 5.92 Å². The molecule has 7 heteroatoms. The van der Waals surface area contributed by atoms with Crippen molar-refractivity contribution in [3.8, 4) is 11.5 Å². The molecule has 2 fully saturated rings. The van der Waals surface area contributed by atoms with Gasteiger partial charge in [-0.15, -0.1) is 0 Å². The first-order valence-electron chi connectivity index (χ1n) is 10.9. The topological polar surface area (TPSA) is 84.2 Å². The lowest BCUT2D eigenvalue weighted by molar-refractivity contribution is 0.0732. The summed E-state index contributed by atoms with van der Waals surface area (Å²) >= 11 is 5.97. The van der Waals surface area contributed by atoms with Crippen LogP contribution in [0.15, 0.2) is 36.4 Å². The summed E-state index contributed by atoms with van der Waals surface area (Å²) in [5, 5.41) is 29.2. The lowest BCUT2D eigenvalue weighted by Crippen LogP contribution is -2.34. The van der Waals surface area contributed by atoms with E-state index >= 15 is 0 Å². The minimum absolute atomic E-state index is 0.0452. The number of amides is 1. The van der Waals surface area contributed by atoms with Crippen molar-refractivity contribution in [3.63, 3.8) is 0 Å². The molecule has 2 aliphatic heterocycles. The van der Waals surface area contributed by atoms with Gasteiger partial charge >= 0.3 is 0 Å². The van der Waals surface area contributed by atoms with E-state index in [-0.39, 0.29) is 40.6 Å². The van der Waals surface area contributed by atoms with Gasteiger partial charge in [0.15, 0.2) is 0 Å². The van der Waals surface area contributed by atoms with E-state index in [0.717, 1.165) is 56.9 Å². The summed E-state index contributed by atoms with van der Waals surface area (Å²) in [7, 11) is 0. The standard InChI is InChI=1S/C24H29ClN2O4/c25-20-12-19(22(29)13-23(20)30)24(31)27-8-2-5-21(27)18-4-1-3-17(11-18)14-26-9-6-16(15-28)7-10-26/h1,3-4,11-13,16,21,28-30H,2,5-10,14-15H2. The lowest BCUT2D eigenvalue weighted by Gasteiger charge is -2.31. The average Bonchev–Trinajstić information content (AvgIpc) is 3.26. The maximum absolute atomic E-state index is 13.2. The summed E-state index contributed by atoms with van der Waals surface area (Å²) in [6, 6.07) is 10.8. The second-order valence-corrected chi connectivity index (χ2v) is 9.03. The van der Waals surface area contributed by atoms with Crippen LogP contribution in [0.25, 0.3) is 0 Å². The predicted molar refractivity (Wildman–Crippen MR) is 119 cm³/mol. The summed E-state index contributed by atoms with van der Waals surface area (Å²) in [6.45, 7) is 3.73. The number of benzene rings is 2. The van der Waals surface area contributed by atoms with E-state index in [2.05, 4.69) is 23.1 Å². The smallest absolute Gasteiger partial charge is 0.258 e. The van der Waals surface area contributed by atoms with Crippen molar-refractivity contribution in [1.29, 1.82) is 0 Å². The average molecular weight is 445 g/mol. The summed E-state index contributed by atoms with van der Waals surface area (Å²) in [4.78, 5) is 17.4. The highest BCUT2D eigenvalue weighted by atomic mass is 35.5. The largest absolute Gasteiger partial charge is 0.507 e. The Morgan fingerprint density at radius 3 is 2.55 bits per heavy atom. The first-order valence-corrected chi connectivity index (χ1v) is 11.3. The predicted octanol–water partition coefficient (Wildman–Crippen LogP) is 3.93. The number of aliphatic hydroxyl groups is 1. The molecule has 0 bridgehead atoms. The van der Waals surface area contributed by atoms with Crippen molar-refractivity contribution in [1.82, 2.24) is 9.80 Å². The molecule has 2 heterocycles. The molecule has 2 aromatic rings. The zero-order chi connectivity index (χ0) is 22.0. The maximum atomic E-state index is 13.2. The Labute approximate surface area is 187 Å². The van der Waals surface area contributed by atoms with Crippen molar-refractivity contribution in [2.75, 3.05) is 26.2 Å². The fourth-order valence-electron chi connectivity index (χ4n) is 4.72. The molecule has 0 aromatic heterocycles. The third kappa shape index (κ3) is 4.81. The first-order chi connectivity index (χ1) is 15.0. The van der Waals surface area contributed by atoms with Crippen molar-refractivity contribution in [2.45, 2.75) is 38.3 Å². The summed E-state index contributed by atoms with van der Waals surface area (Å²) in [5.74, 6) is -0.370. The molecule has 6 nitrogen and oxygen atoms in total. The van der Waals surface area contributed by atoms with Crippen LogP contribution in [0.4, 0.5) is 0 Å². The Kier molecular flexibility index (Phi) is 6.70. The van der Waals surface area contributed by atoms with Gasteiger partial charge in [-0.3, -0.25) is 9.69 Å². The highest BCUT2D eigenvalue weighted by Crippen LogP contribution is 2.37. The summed E-state index contributed by atoms with van der Waals surface area (Å²) in [6.07, 6.45) is 3.81. The van der Waals surface area contributed by atoms with Crippen molar-refractivity contribution < 1.29 is 20.1 Å². The SMILES string of the molecule is O=C(c1cc(Cl)c(O)cc1O)N1CCCC1c1cccc(CN2CCC(CO)CC2)c1. The Morgan fingerprint density at radius 2 is 1.81 bits per heavy atom. The number of phenols is 2. The maximum Gasteiger partial charge on any atom is 0.258 e. The Bertz CT molecular complexity index is 943. The highest BCUT2D eigenvalue weighted by molar-refractivity contribution is 6.32. The molecule has 1 atom stereocenters. The Balaban J connectivity index is 1.49. The van der Waals surface area contributed by atoms with Crippen LogP contribution in [-0.4, -0.2) is 57.3 Å². The van der Waals surface area contributed by atoms with Crippen LogP contribution in [0.3, 0.4) is 0 Å². The van der Waals surface area contributed by atoms with Crippen LogP contribution in [-0.2, 0) is 6.54 Å². The Morgan fingerprint density at radius 1 is 1.03 bits per heavy atom. The number of rotatable bonds is 5. The number of halogens is 1. The second-order valence-electron chi connectivity index (χ2n) is 8.62. The molecule has 166 valence electrons. The van der Waals surface area contributed by atoms with Crippen LogP contribution >= 0.6 is 11.6 Å². The summed E-state index contributed by atoms with van der Waals surface area (Å²) in [5.41, 5.74) is 2.42. The number of hydrogen-bond acceptors (Lipinski definition) is 5. The van der Waals surface area contributed by atoms with Crippen molar-refractivity contribution in [3.05, 3.63) is 58.1 Å². The van der Waals surface area contributed by atoms with E-state index in [1.165, 1.54) is 11.6 Å². The molecule has 4 rings (SSSR count). The number of phenolic OH excluding ortho intramolecular Hbond substituents is 2. The van der Waals surface area contributed by atoms with Crippen LogP contribution in [0.2, 0.25) is 5.02 Å². The third-order valence-electron chi connectivity index (χ3n) is 6.52. The highest BCUT2D eigenvalue weighted by Gasteiger charge is 2.32. The number of piperidine rings is 1. The number of carbonyl (C=O) groups excluding carboxylic acids is 1. The van der Waals surface area contributed by atoms with E-state index in [4.69, 9.17) is 11.6 Å². The van der Waals surface area contributed by atoms with E-state index in [1.807, 2.05) is 6.07 Å². The van der Waals surface area contributed by atoms with Crippen molar-refractivity contribution in [2.24, 2.45) is 5.92 Å². The molecule has 3 N–H and O–H groups in total. The molecule has 1 unspecified atom stereocenters. The molecule has 2 aliphatic rings. The van der Waals surface area contributed by atoms with Gasteiger partial charge in [-0.05, 0) is 61.9 Å². The number of carbonyl (C=O) groups is 1. The molecule has 0 aliphatic carbocycles. The number of aromatic hydroxyl groups is 2. The second kappa shape index (κ2) is 9.47. The zero-order valence-electron chi connectivity index (χ0n) is 17.5. The number of nitrogens with zero attached hydrogens (tertiary/aromatic N) is 2. The van der Waals surface area contributed by atoms with E-state index in [1.54, 1.807) is 4.90 Å². The van der Waals surface area contributed by atoms with Gasteiger partial charge in [0, 0.05) is 25.8 Å². The van der Waals surface area contributed by atoms with Gasteiger partial charge < -0.3 is 20.2 Å². The minimum Gasteiger partial charge on any atom is -0.507 e. The van der Waals surface area contributed by atoms with Gasteiger partial charge in [0.1, 0.15) is 11.5 Å². The zero-order valence-corrected chi connectivity index (χ0v) is 18.3. The molecule has 2 saturated heterocycles. The molecular formula is C24H29ClN2O4. The molecule has 0 spiro atoms. The van der Waals surface area contributed by atoms with Crippen LogP contribution in [0.5, 0.6) is 11.5 Å². The monoisotopic (exact) mass is 444 g/mol. The first kappa shape index (κ1) is 21.9. The number of hydrogen-bond donors (Lipinski definition) is 3. The minimum atomic E-state index is -0.279. The Hall–Kier alpha value is -2.28. The van der Waals surface area contributed by atoms with E-state index in [0.29, 0.717) is 12.5 Å². The lowest BCUT2D eigenvalue weighted by atomic mass is 9.97. The molecule has 0 radical (unpaired) electrons. The fraction of sp³-hybridized carbons (Fsp3) is 0.458. The quantitative estimate of drug-likeness (QED) is 0.650.